The van der Waals surface area contributed by atoms with Crippen molar-refractivity contribution in [2.45, 2.75) is 13.0 Å². The maximum atomic E-state index is 13.1. The first-order chi connectivity index (χ1) is 6.07. The van der Waals surface area contributed by atoms with Crippen LogP contribution in [0.3, 0.4) is 0 Å². The molecule has 0 saturated carbocycles. The van der Waals surface area contributed by atoms with Crippen LogP contribution in [0.4, 0.5) is 8.78 Å². The van der Waals surface area contributed by atoms with Gasteiger partial charge >= 0.3 is 0 Å². The van der Waals surface area contributed by atoms with Crippen molar-refractivity contribution in [3.05, 3.63) is 29.1 Å². The number of aryl methyl sites for hydroxylation is 1. The van der Waals surface area contributed by atoms with Gasteiger partial charge in [0.05, 0.1) is 6.04 Å². The number of halogens is 2. The molecule has 0 aliphatic carbocycles. The summed E-state index contributed by atoms with van der Waals surface area (Å²) in [5, 5.41) is 9.26. The predicted octanol–water partition coefficient (Wildman–Crippen LogP) is 1.81. The van der Waals surface area contributed by atoms with Gasteiger partial charge in [-0.25, -0.2) is 8.78 Å². The molecule has 13 heavy (non-hydrogen) atoms. The van der Waals surface area contributed by atoms with Gasteiger partial charge in [0.2, 0.25) is 0 Å². The Morgan fingerprint density at radius 3 is 2.69 bits per heavy atom. The van der Waals surface area contributed by atoms with Crippen molar-refractivity contribution in [2.24, 2.45) is 5.73 Å². The van der Waals surface area contributed by atoms with Gasteiger partial charge in [-0.2, -0.15) is 0 Å². The molecule has 0 aromatic heterocycles. The van der Waals surface area contributed by atoms with Crippen LogP contribution < -0.4 is 5.73 Å². The molecule has 3 N–H and O–H groups in total. The summed E-state index contributed by atoms with van der Waals surface area (Å²) >= 11 is 0. The van der Waals surface area contributed by atoms with E-state index in [9.17, 15) is 13.9 Å². The van der Waals surface area contributed by atoms with Crippen LogP contribution in [0.2, 0.25) is 0 Å². The molecule has 0 spiro atoms. The summed E-state index contributed by atoms with van der Waals surface area (Å²) in [6, 6.07) is 1.92. The molecule has 0 heterocycles. The van der Waals surface area contributed by atoms with Gasteiger partial charge in [-0.3, -0.25) is 0 Å². The normalized spacial score (nSPS) is 12.9. The Labute approximate surface area is 75.0 Å². The topological polar surface area (TPSA) is 46.2 Å². The fourth-order valence-corrected chi connectivity index (χ4v) is 1.06. The Morgan fingerprint density at radius 1 is 1.54 bits per heavy atom. The lowest BCUT2D eigenvalue weighted by Crippen LogP contribution is -2.12. The van der Waals surface area contributed by atoms with Gasteiger partial charge in [0.1, 0.15) is 6.67 Å². The molecule has 1 atom stereocenters. The lowest BCUT2D eigenvalue weighted by Gasteiger charge is -2.11. The molecule has 2 nitrogen and oxygen atoms in total. The predicted molar refractivity (Wildman–Crippen MR) is 45.7 cm³/mol. The summed E-state index contributed by atoms with van der Waals surface area (Å²) in [6.45, 7) is 0.690. The zero-order valence-corrected chi connectivity index (χ0v) is 7.22. The van der Waals surface area contributed by atoms with Gasteiger partial charge in [0.25, 0.3) is 0 Å². The lowest BCUT2D eigenvalue weighted by atomic mass is 10.0. The summed E-state index contributed by atoms with van der Waals surface area (Å²) < 4.78 is 25.2. The summed E-state index contributed by atoms with van der Waals surface area (Å²) in [7, 11) is 0. The van der Waals surface area contributed by atoms with Crippen LogP contribution in [-0.2, 0) is 0 Å². The zero-order chi connectivity index (χ0) is 10.0. The number of aromatic hydroxyl groups is 1. The Morgan fingerprint density at radius 2 is 2.15 bits per heavy atom. The first kappa shape index (κ1) is 9.92. The molecule has 0 unspecified atom stereocenters. The summed E-state index contributed by atoms with van der Waals surface area (Å²) in [4.78, 5) is 0. The molecule has 0 aliphatic heterocycles. The molecular weight excluding hydrogens is 176 g/mol. The third kappa shape index (κ3) is 1.78. The lowest BCUT2D eigenvalue weighted by molar-refractivity contribution is 0.395. The second-order valence-corrected chi connectivity index (χ2v) is 2.90. The number of hydrogen-bond donors (Lipinski definition) is 2. The van der Waals surface area contributed by atoms with Crippen LogP contribution in [-0.4, -0.2) is 11.8 Å². The highest BCUT2D eigenvalue weighted by molar-refractivity contribution is 5.39. The number of hydrogen-bond acceptors (Lipinski definition) is 2. The van der Waals surface area contributed by atoms with Crippen molar-refractivity contribution < 1.29 is 13.9 Å². The van der Waals surface area contributed by atoms with E-state index in [4.69, 9.17) is 5.73 Å². The highest BCUT2D eigenvalue weighted by Gasteiger charge is 2.15. The largest absolute Gasteiger partial charge is 0.505 e. The van der Waals surface area contributed by atoms with Crippen LogP contribution in [0.15, 0.2) is 12.1 Å². The van der Waals surface area contributed by atoms with Crippen molar-refractivity contribution >= 4 is 0 Å². The first-order valence-corrected chi connectivity index (χ1v) is 3.87. The van der Waals surface area contributed by atoms with E-state index in [1.165, 1.54) is 19.1 Å². The van der Waals surface area contributed by atoms with Crippen molar-refractivity contribution in [1.82, 2.24) is 0 Å². The van der Waals surface area contributed by atoms with E-state index >= 15 is 0 Å². The maximum absolute atomic E-state index is 13.1. The molecule has 0 amide bonds. The van der Waals surface area contributed by atoms with Gasteiger partial charge in [0, 0.05) is 5.56 Å². The van der Waals surface area contributed by atoms with Crippen LogP contribution in [0.25, 0.3) is 0 Å². The van der Waals surface area contributed by atoms with Crippen LogP contribution in [0, 0.1) is 12.7 Å². The van der Waals surface area contributed by atoms with Crippen molar-refractivity contribution in [3.63, 3.8) is 0 Å². The van der Waals surface area contributed by atoms with Crippen LogP contribution in [0.1, 0.15) is 17.2 Å². The molecule has 0 radical (unpaired) electrons. The fourth-order valence-electron chi connectivity index (χ4n) is 1.06. The van der Waals surface area contributed by atoms with Gasteiger partial charge < -0.3 is 10.8 Å². The molecule has 0 saturated heterocycles. The first-order valence-electron chi connectivity index (χ1n) is 3.87. The van der Waals surface area contributed by atoms with Crippen molar-refractivity contribution in [1.29, 1.82) is 0 Å². The smallest absolute Gasteiger partial charge is 0.168 e. The second kappa shape index (κ2) is 3.70. The maximum Gasteiger partial charge on any atom is 0.168 e. The number of nitrogens with two attached hydrogens (primary N) is 1. The fraction of sp³-hybridized carbons (Fsp3) is 0.333. The Kier molecular flexibility index (Phi) is 2.83. The molecule has 0 fully saturated rings. The van der Waals surface area contributed by atoms with Gasteiger partial charge in [-0.15, -0.1) is 0 Å². The zero-order valence-electron chi connectivity index (χ0n) is 7.22. The van der Waals surface area contributed by atoms with E-state index in [1.807, 2.05) is 0 Å². The second-order valence-electron chi connectivity index (χ2n) is 2.90. The van der Waals surface area contributed by atoms with E-state index < -0.39 is 24.3 Å². The van der Waals surface area contributed by atoms with E-state index in [1.54, 1.807) is 0 Å². The molecule has 1 aromatic rings. The van der Waals surface area contributed by atoms with E-state index in [0.29, 0.717) is 5.56 Å². The van der Waals surface area contributed by atoms with Crippen molar-refractivity contribution in [2.75, 3.05) is 6.67 Å². The highest BCUT2D eigenvalue weighted by atomic mass is 19.1. The minimum absolute atomic E-state index is 0.102. The third-order valence-electron chi connectivity index (χ3n) is 1.91. The highest BCUT2D eigenvalue weighted by Crippen LogP contribution is 2.27. The Hall–Kier alpha value is -1.16. The molecule has 1 aromatic carbocycles. The molecular formula is C9H11F2NO. The molecule has 1 rings (SSSR count). The van der Waals surface area contributed by atoms with E-state index in [2.05, 4.69) is 0 Å². The van der Waals surface area contributed by atoms with Gasteiger partial charge in [-0.05, 0) is 12.5 Å². The van der Waals surface area contributed by atoms with Crippen LogP contribution in [0.5, 0.6) is 5.75 Å². The van der Waals surface area contributed by atoms with Crippen LogP contribution >= 0.6 is 0 Å². The van der Waals surface area contributed by atoms with E-state index in [0.717, 1.165) is 0 Å². The SMILES string of the molecule is Cc1ccc([C@@H](N)CF)c(O)c1F. The van der Waals surface area contributed by atoms with Gasteiger partial charge in [0.15, 0.2) is 11.6 Å². The Bertz CT molecular complexity index is 315. The standard InChI is InChI=1S/C9H11F2NO/c1-5-2-3-6(7(12)4-10)9(13)8(5)11/h2-3,7,13H,4,12H2,1H3/t7-/m0/s1. The quantitative estimate of drug-likeness (QED) is 0.741. The number of phenolic OH excluding ortho intramolecular Hbond substituents is 1. The van der Waals surface area contributed by atoms with Crippen molar-refractivity contribution in [3.8, 4) is 5.75 Å². The average Bonchev–Trinajstić information content (AvgIpc) is 2.13. The van der Waals surface area contributed by atoms with Gasteiger partial charge in [-0.1, -0.05) is 12.1 Å². The Balaban J connectivity index is 3.18. The van der Waals surface area contributed by atoms with E-state index in [-0.39, 0.29) is 5.56 Å². The summed E-state index contributed by atoms with van der Waals surface area (Å²) in [5.74, 6) is -1.29. The molecule has 72 valence electrons. The minimum Gasteiger partial charge on any atom is -0.505 e. The molecule has 0 aliphatic rings. The summed E-state index contributed by atoms with van der Waals surface area (Å²) in [5.41, 5.74) is 5.73. The number of benzene rings is 1. The number of phenols is 1. The average molecular weight is 187 g/mol. The monoisotopic (exact) mass is 187 g/mol. The number of rotatable bonds is 2. The summed E-state index contributed by atoms with van der Waals surface area (Å²) in [6.07, 6.45) is 0. The molecule has 0 bridgehead atoms. The number of alkyl halides is 1. The molecule has 4 heteroatoms. The third-order valence-corrected chi connectivity index (χ3v) is 1.91. The minimum atomic E-state index is -0.963.